The average molecular weight is 316 g/mol. The van der Waals surface area contributed by atoms with Gasteiger partial charge >= 0.3 is 6.09 Å². The van der Waals surface area contributed by atoms with Gasteiger partial charge in [0.25, 0.3) is 0 Å². The van der Waals surface area contributed by atoms with Gasteiger partial charge in [-0.2, -0.15) is 11.8 Å². The topological polar surface area (TPSA) is 50.8 Å². The van der Waals surface area contributed by atoms with Crippen molar-refractivity contribution in [1.29, 1.82) is 0 Å². The van der Waals surface area contributed by atoms with Crippen molar-refractivity contribution in [1.82, 2.24) is 10.2 Å². The van der Waals surface area contributed by atoms with Gasteiger partial charge in [-0.25, -0.2) is 4.79 Å². The summed E-state index contributed by atoms with van der Waals surface area (Å²) in [4.78, 5) is 13.9. The zero-order valence-corrected chi connectivity index (χ0v) is 14.4. The molecule has 6 heteroatoms. The zero-order valence-electron chi connectivity index (χ0n) is 13.6. The lowest BCUT2D eigenvalue weighted by Gasteiger charge is -2.28. The summed E-state index contributed by atoms with van der Waals surface area (Å²) in [6.07, 6.45) is 2.20. The average Bonchev–Trinajstić information content (AvgIpc) is 2.81. The van der Waals surface area contributed by atoms with Gasteiger partial charge in [-0.3, -0.25) is 0 Å². The minimum Gasteiger partial charge on any atom is -0.444 e. The number of hydrogen-bond donors (Lipinski definition) is 1. The van der Waals surface area contributed by atoms with Crippen molar-refractivity contribution in [3.05, 3.63) is 0 Å². The van der Waals surface area contributed by atoms with Gasteiger partial charge in [0.1, 0.15) is 5.60 Å². The van der Waals surface area contributed by atoms with Gasteiger partial charge in [-0.1, -0.05) is 0 Å². The largest absolute Gasteiger partial charge is 0.444 e. The lowest BCUT2D eigenvalue weighted by Crippen LogP contribution is -2.47. The summed E-state index contributed by atoms with van der Waals surface area (Å²) in [6.45, 7) is 6.94. The van der Waals surface area contributed by atoms with Crippen LogP contribution in [0.3, 0.4) is 0 Å². The van der Waals surface area contributed by atoms with Crippen LogP contribution in [0.4, 0.5) is 4.79 Å². The van der Waals surface area contributed by atoms with E-state index >= 15 is 0 Å². The molecule has 0 aromatic heterocycles. The first-order valence-electron chi connectivity index (χ1n) is 7.73. The van der Waals surface area contributed by atoms with Crippen molar-refractivity contribution in [2.45, 2.75) is 57.4 Å². The molecule has 2 atom stereocenters. The van der Waals surface area contributed by atoms with Gasteiger partial charge < -0.3 is 19.7 Å². The van der Waals surface area contributed by atoms with Crippen molar-refractivity contribution in [3.8, 4) is 0 Å². The van der Waals surface area contributed by atoms with Gasteiger partial charge in [0.15, 0.2) is 0 Å². The number of nitrogens with one attached hydrogen (secondary N) is 1. The van der Waals surface area contributed by atoms with E-state index in [1.54, 1.807) is 12.0 Å². The highest BCUT2D eigenvalue weighted by atomic mass is 32.2. The molecule has 2 rings (SSSR count). The minimum absolute atomic E-state index is 0.0482. The van der Waals surface area contributed by atoms with E-state index in [-0.39, 0.29) is 18.2 Å². The highest BCUT2D eigenvalue weighted by Gasteiger charge is 2.38. The predicted molar refractivity (Wildman–Crippen MR) is 85.9 cm³/mol. The predicted octanol–water partition coefficient (Wildman–Crippen LogP) is 2.11. The van der Waals surface area contributed by atoms with Crippen LogP contribution in [0, 0.1) is 0 Å². The Hall–Kier alpha value is -0.460. The second kappa shape index (κ2) is 7.20. The van der Waals surface area contributed by atoms with E-state index < -0.39 is 5.60 Å². The second-order valence-electron chi connectivity index (χ2n) is 6.82. The van der Waals surface area contributed by atoms with Gasteiger partial charge in [0.2, 0.25) is 0 Å². The van der Waals surface area contributed by atoms with Gasteiger partial charge in [-0.15, -0.1) is 0 Å². The molecule has 0 aromatic carbocycles. The first kappa shape index (κ1) is 16.9. The van der Waals surface area contributed by atoms with Crippen molar-refractivity contribution in [2.24, 2.45) is 0 Å². The molecule has 2 fully saturated rings. The third-order valence-electron chi connectivity index (χ3n) is 3.89. The maximum Gasteiger partial charge on any atom is 0.410 e. The van der Waals surface area contributed by atoms with Crippen LogP contribution >= 0.6 is 11.8 Å². The van der Waals surface area contributed by atoms with Gasteiger partial charge in [0, 0.05) is 19.7 Å². The van der Waals surface area contributed by atoms with E-state index in [0.29, 0.717) is 19.1 Å². The van der Waals surface area contributed by atoms with Crippen LogP contribution in [-0.4, -0.2) is 66.5 Å². The number of methoxy groups -OCH3 is 1. The molecule has 0 aromatic rings. The fourth-order valence-electron chi connectivity index (χ4n) is 2.82. The third kappa shape index (κ3) is 5.04. The van der Waals surface area contributed by atoms with E-state index in [0.717, 1.165) is 0 Å². The molecule has 1 N–H and O–H groups in total. The van der Waals surface area contributed by atoms with Gasteiger partial charge in [-0.05, 0) is 45.1 Å². The summed E-state index contributed by atoms with van der Waals surface area (Å²) < 4.78 is 11.0. The third-order valence-corrected chi connectivity index (χ3v) is 4.94. The smallest absolute Gasteiger partial charge is 0.410 e. The molecule has 122 valence electrons. The Labute approximate surface area is 132 Å². The Kier molecular flexibility index (Phi) is 5.80. The molecule has 2 aliphatic heterocycles. The van der Waals surface area contributed by atoms with Crippen molar-refractivity contribution >= 4 is 17.9 Å². The lowest BCUT2D eigenvalue weighted by atomic mass is 10.1. The number of thioether (sulfide) groups is 1. The van der Waals surface area contributed by atoms with E-state index in [1.165, 1.54) is 24.3 Å². The summed E-state index contributed by atoms with van der Waals surface area (Å²) in [6, 6.07) is 0.753. The quantitative estimate of drug-likeness (QED) is 0.864. The number of carbonyl (C=O) groups is 1. The summed E-state index contributed by atoms with van der Waals surface area (Å²) in [5.41, 5.74) is -0.453. The molecule has 21 heavy (non-hydrogen) atoms. The number of nitrogens with zero attached hydrogens (tertiary/aromatic N) is 1. The molecule has 2 aliphatic rings. The van der Waals surface area contributed by atoms with Crippen molar-refractivity contribution in [2.75, 3.05) is 31.7 Å². The van der Waals surface area contributed by atoms with Crippen LogP contribution in [0.2, 0.25) is 0 Å². The first-order valence-corrected chi connectivity index (χ1v) is 8.89. The number of carbonyl (C=O) groups excluding carboxylic acids is 1. The molecule has 0 saturated carbocycles. The molecule has 5 nitrogen and oxygen atoms in total. The standard InChI is InChI=1S/C15H28N2O3S/c1-15(2,3)20-14(18)17-9-12(13(10-17)19-4)16-11-5-7-21-8-6-11/h11-13,16H,5-10H2,1-4H3/t12?,13-/m0/s1. The van der Waals surface area contributed by atoms with E-state index in [2.05, 4.69) is 5.32 Å². The molecule has 2 saturated heterocycles. The Morgan fingerprint density at radius 3 is 2.48 bits per heavy atom. The maximum absolute atomic E-state index is 12.2. The zero-order chi connectivity index (χ0) is 15.5. The summed E-state index contributed by atoms with van der Waals surface area (Å²) in [7, 11) is 1.72. The van der Waals surface area contributed by atoms with Gasteiger partial charge in [0.05, 0.1) is 18.7 Å². The molecule has 1 amide bonds. The van der Waals surface area contributed by atoms with Crippen LogP contribution in [0.1, 0.15) is 33.6 Å². The Balaban J connectivity index is 1.88. The molecule has 0 radical (unpaired) electrons. The number of likely N-dealkylation sites (tertiary alicyclic amines) is 1. The molecule has 0 bridgehead atoms. The Morgan fingerprint density at radius 1 is 1.24 bits per heavy atom. The Bertz CT molecular complexity index is 353. The van der Waals surface area contributed by atoms with Crippen LogP contribution in [0.15, 0.2) is 0 Å². The van der Waals surface area contributed by atoms with Crippen LogP contribution in [0.25, 0.3) is 0 Å². The normalized spacial score (nSPS) is 27.9. The number of amides is 1. The molecule has 0 spiro atoms. The van der Waals surface area contributed by atoms with Crippen LogP contribution in [-0.2, 0) is 9.47 Å². The Morgan fingerprint density at radius 2 is 1.90 bits per heavy atom. The summed E-state index contributed by atoms with van der Waals surface area (Å²) in [5.74, 6) is 2.44. The van der Waals surface area contributed by atoms with Crippen molar-refractivity contribution < 1.29 is 14.3 Å². The van der Waals surface area contributed by atoms with Crippen molar-refractivity contribution in [3.63, 3.8) is 0 Å². The number of ether oxygens (including phenoxy) is 2. The SMILES string of the molecule is CO[C@H]1CN(C(=O)OC(C)(C)C)CC1NC1CCSCC1. The second-order valence-corrected chi connectivity index (χ2v) is 8.04. The highest BCUT2D eigenvalue weighted by molar-refractivity contribution is 7.99. The summed E-state index contributed by atoms with van der Waals surface area (Å²) >= 11 is 2.02. The fraction of sp³-hybridized carbons (Fsp3) is 0.933. The highest BCUT2D eigenvalue weighted by Crippen LogP contribution is 2.21. The van der Waals surface area contributed by atoms with E-state index in [1.807, 2.05) is 32.5 Å². The summed E-state index contributed by atoms with van der Waals surface area (Å²) in [5, 5.41) is 3.68. The minimum atomic E-state index is -0.453. The van der Waals surface area contributed by atoms with Crippen LogP contribution in [0.5, 0.6) is 0 Å². The lowest BCUT2D eigenvalue weighted by molar-refractivity contribution is 0.0252. The van der Waals surface area contributed by atoms with Crippen LogP contribution < -0.4 is 5.32 Å². The van der Waals surface area contributed by atoms with E-state index in [9.17, 15) is 4.79 Å². The maximum atomic E-state index is 12.2. The van der Waals surface area contributed by atoms with E-state index in [4.69, 9.17) is 9.47 Å². The number of hydrogen-bond acceptors (Lipinski definition) is 5. The number of rotatable bonds is 3. The molecule has 1 unspecified atom stereocenters. The molecule has 0 aliphatic carbocycles. The fourth-order valence-corrected chi connectivity index (χ4v) is 3.92. The molecular formula is C15H28N2O3S. The molecule has 2 heterocycles. The first-order chi connectivity index (χ1) is 9.89. The molecular weight excluding hydrogens is 288 g/mol. The monoisotopic (exact) mass is 316 g/mol.